The van der Waals surface area contributed by atoms with Gasteiger partial charge in [-0.15, -0.1) is 0 Å². The van der Waals surface area contributed by atoms with Gasteiger partial charge >= 0.3 is 0 Å². The number of nitrogens with zero attached hydrogens (tertiary/aromatic N) is 1. The van der Waals surface area contributed by atoms with Crippen molar-refractivity contribution in [3.05, 3.63) is 0 Å². The van der Waals surface area contributed by atoms with Crippen LogP contribution in [-0.4, -0.2) is 28.4 Å². The van der Waals surface area contributed by atoms with Crippen LogP contribution in [0.15, 0.2) is 0 Å². The van der Waals surface area contributed by atoms with Crippen molar-refractivity contribution in [3.63, 3.8) is 0 Å². The number of amides is 2. The van der Waals surface area contributed by atoms with Crippen LogP contribution in [0.25, 0.3) is 0 Å². The van der Waals surface area contributed by atoms with Crippen molar-refractivity contribution in [2.45, 2.75) is 39.0 Å². The molecule has 4 nitrogen and oxygen atoms in total. The summed E-state index contributed by atoms with van der Waals surface area (Å²) in [5, 5.41) is 2.76. The maximum atomic E-state index is 11.5. The zero-order valence-electron chi connectivity index (χ0n) is 8.91. The molecule has 0 radical (unpaired) electrons. The monoisotopic (exact) mass is 228 g/mol. The lowest BCUT2D eigenvalue weighted by Gasteiger charge is -2.27. The van der Waals surface area contributed by atoms with Crippen LogP contribution in [0.5, 0.6) is 0 Å². The first-order chi connectivity index (χ1) is 7.15. The van der Waals surface area contributed by atoms with Gasteiger partial charge in [-0.1, -0.05) is 26.2 Å². The van der Waals surface area contributed by atoms with Crippen molar-refractivity contribution in [2.75, 3.05) is 6.54 Å². The maximum absolute atomic E-state index is 11.5. The van der Waals surface area contributed by atoms with Crippen LogP contribution < -0.4 is 5.32 Å². The molecule has 1 rings (SSSR count). The number of unbranched alkanes of at least 4 members (excludes halogenated alkanes) is 3. The summed E-state index contributed by atoms with van der Waals surface area (Å²) >= 11 is 4.93. The third-order valence-electron chi connectivity index (χ3n) is 2.34. The number of thiocarbonyl (C=S) groups is 1. The molecule has 0 saturated carbocycles. The van der Waals surface area contributed by atoms with Gasteiger partial charge in [0.25, 0.3) is 0 Å². The second-order valence-corrected chi connectivity index (χ2v) is 4.02. The molecule has 0 spiro atoms. The molecule has 2 amide bonds. The predicted molar refractivity (Wildman–Crippen MR) is 61.2 cm³/mol. The van der Waals surface area contributed by atoms with E-state index < -0.39 is 0 Å². The van der Waals surface area contributed by atoms with E-state index in [1.165, 1.54) is 11.3 Å². The van der Waals surface area contributed by atoms with Crippen LogP contribution in [0.2, 0.25) is 0 Å². The highest BCUT2D eigenvalue weighted by atomic mass is 32.1. The van der Waals surface area contributed by atoms with Gasteiger partial charge in [0, 0.05) is 6.54 Å². The maximum Gasteiger partial charge on any atom is 0.238 e. The van der Waals surface area contributed by atoms with E-state index in [-0.39, 0.29) is 23.3 Å². The van der Waals surface area contributed by atoms with Crippen LogP contribution in [0.1, 0.15) is 39.0 Å². The van der Waals surface area contributed by atoms with E-state index in [0.717, 1.165) is 19.3 Å². The largest absolute Gasteiger partial charge is 0.302 e. The second kappa shape index (κ2) is 5.80. The Labute approximate surface area is 95.0 Å². The standard InChI is InChI=1S/C10H16N2O2S/c1-2-3-4-5-6-12-9(14)7-8(13)11-10(12)15/h2-7H2,1H3,(H,11,13,15). The van der Waals surface area contributed by atoms with Crippen LogP contribution in [0.4, 0.5) is 0 Å². The normalized spacial score (nSPS) is 16.9. The number of hydrogen-bond acceptors (Lipinski definition) is 3. The molecule has 0 aromatic heterocycles. The molecule has 0 aromatic carbocycles. The number of carbonyl (C=O) groups is 2. The molecular weight excluding hydrogens is 212 g/mol. The Morgan fingerprint density at radius 2 is 2.07 bits per heavy atom. The molecule has 5 heteroatoms. The van der Waals surface area contributed by atoms with Crippen LogP contribution in [0, 0.1) is 0 Å². The molecule has 1 fully saturated rings. The fraction of sp³-hybridized carbons (Fsp3) is 0.700. The summed E-state index contributed by atoms with van der Waals surface area (Å²) in [6.07, 6.45) is 4.29. The summed E-state index contributed by atoms with van der Waals surface area (Å²) in [4.78, 5) is 23.9. The topological polar surface area (TPSA) is 49.4 Å². The zero-order chi connectivity index (χ0) is 11.3. The average Bonchev–Trinajstić information content (AvgIpc) is 2.15. The molecule has 0 atom stereocenters. The van der Waals surface area contributed by atoms with Crippen molar-refractivity contribution in [2.24, 2.45) is 0 Å². The molecule has 0 aliphatic carbocycles. The predicted octanol–water partition coefficient (Wildman–Crippen LogP) is 1.20. The summed E-state index contributed by atoms with van der Waals surface area (Å²) in [6.45, 7) is 2.76. The first-order valence-electron chi connectivity index (χ1n) is 5.29. The Bertz CT molecular complexity index is 259. The lowest BCUT2D eigenvalue weighted by atomic mass is 10.2. The highest BCUT2D eigenvalue weighted by Crippen LogP contribution is 2.07. The van der Waals surface area contributed by atoms with E-state index in [4.69, 9.17) is 12.2 Å². The minimum atomic E-state index is -0.296. The van der Waals surface area contributed by atoms with Gasteiger partial charge in [-0.3, -0.25) is 14.5 Å². The Hall–Kier alpha value is -0.970. The summed E-state index contributed by atoms with van der Waals surface area (Å²) < 4.78 is 0. The van der Waals surface area contributed by atoms with E-state index in [1.807, 2.05) is 0 Å². The third-order valence-corrected chi connectivity index (χ3v) is 2.66. The van der Waals surface area contributed by atoms with E-state index in [2.05, 4.69) is 12.2 Å². The Balaban J connectivity index is 2.36. The second-order valence-electron chi connectivity index (χ2n) is 3.64. The van der Waals surface area contributed by atoms with E-state index in [9.17, 15) is 9.59 Å². The quantitative estimate of drug-likeness (QED) is 0.437. The molecule has 0 aromatic rings. The molecule has 0 bridgehead atoms. The third kappa shape index (κ3) is 3.58. The minimum Gasteiger partial charge on any atom is -0.302 e. The smallest absolute Gasteiger partial charge is 0.238 e. The molecule has 1 aliphatic heterocycles. The van der Waals surface area contributed by atoms with Gasteiger partial charge in [0.2, 0.25) is 11.8 Å². The zero-order valence-corrected chi connectivity index (χ0v) is 9.73. The van der Waals surface area contributed by atoms with Gasteiger partial charge in [0.15, 0.2) is 5.11 Å². The highest BCUT2D eigenvalue weighted by molar-refractivity contribution is 7.80. The van der Waals surface area contributed by atoms with E-state index >= 15 is 0 Å². The molecule has 1 N–H and O–H groups in total. The van der Waals surface area contributed by atoms with E-state index in [0.29, 0.717) is 6.54 Å². The summed E-state index contributed by atoms with van der Waals surface area (Å²) in [7, 11) is 0. The van der Waals surface area contributed by atoms with Gasteiger partial charge < -0.3 is 5.32 Å². The summed E-state index contributed by atoms with van der Waals surface area (Å²) in [5.41, 5.74) is 0. The van der Waals surface area contributed by atoms with Crippen molar-refractivity contribution >= 4 is 29.1 Å². The highest BCUT2D eigenvalue weighted by Gasteiger charge is 2.26. The summed E-state index contributed by atoms with van der Waals surface area (Å²) in [5.74, 6) is -0.477. The molecule has 1 heterocycles. The molecule has 1 saturated heterocycles. The van der Waals surface area contributed by atoms with Gasteiger partial charge in [-0.25, -0.2) is 0 Å². The van der Waals surface area contributed by atoms with Crippen molar-refractivity contribution in [1.29, 1.82) is 0 Å². The SMILES string of the molecule is CCCCCCN1C(=O)CC(=O)NC1=S. The van der Waals surface area contributed by atoms with Crippen molar-refractivity contribution in [1.82, 2.24) is 10.2 Å². The average molecular weight is 228 g/mol. The number of nitrogens with one attached hydrogen (secondary N) is 1. The van der Waals surface area contributed by atoms with Gasteiger partial charge in [-0.2, -0.15) is 0 Å². The van der Waals surface area contributed by atoms with Crippen LogP contribution in [-0.2, 0) is 9.59 Å². The van der Waals surface area contributed by atoms with Gasteiger partial charge in [0.05, 0.1) is 0 Å². The van der Waals surface area contributed by atoms with Crippen molar-refractivity contribution in [3.8, 4) is 0 Å². The fourth-order valence-electron chi connectivity index (χ4n) is 1.50. The number of carbonyl (C=O) groups excluding carboxylic acids is 2. The Morgan fingerprint density at radius 3 is 2.67 bits per heavy atom. The fourth-order valence-corrected chi connectivity index (χ4v) is 1.81. The summed E-state index contributed by atoms with van der Waals surface area (Å²) in [6, 6.07) is 0. The first kappa shape index (κ1) is 12.1. The minimum absolute atomic E-state index is 0.0755. The molecule has 84 valence electrons. The molecule has 0 unspecified atom stereocenters. The van der Waals surface area contributed by atoms with E-state index in [1.54, 1.807) is 0 Å². The molecular formula is C10H16N2O2S. The Kier molecular flexibility index (Phi) is 4.68. The number of hydrogen-bond donors (Lipinski definition) is 1. The lowest BCUT2D eigenvalue weighted by molar-refractivity contribution is -0.134. The Morgan fingerprint density at radius 1 is 1.33 bits per heavy atom. The van der Waals surface area contributed by atoms with Gasteiger partial charge in [-0.05, 0) is 18.6 Å². The van der Waals surface area contributed by atoms with Crippen LogP contribution in [0.3, 0.4) is 0 Å². The molecule has 15 heavy (non-hydrogen) atoms. The first-order valence-corrected chi connectivity index (χ1v) is 5.70. The lowest BCUT2D eigenvalue weighted by Crippen LogP contribution is -2.52. The number of rotatable bonds is 5. The van der Waals surface area contributed by atoms with Gasteiger partial charge in [0.1, 0.15) is 6.42 Å². The van der Waals surface area contributed by atoms with Crippen molar-refractivity contribution < 1.29 is 9.59 Å². The molecule has 1 aliphatic rings. The van der Waals surface area contributed by atoms with Crippen LogP contribution >= 0.6 is 12.2 Å².